The van der Waals surface area contributed by atoms with Gasteiger partial charge in [-0.15, -0.1) is 0 Å². The molecular formula is C25H22N2O5. The smallest absolute Gasteiger partial charge is 0.295 e. The van der Waals surface area contributed by atoms with E-state index in [4.69, 9.17) is 4.74 Å². The average molecular weight is 430 g/mol. The quantitative estimate of drug-likeness (QED) is 0.364. The summed E-state index contributed by atoms with van der Waals surface area (Å²) in [5, 5.41) is 21.1. The van der Waals surface area contributed by atoms with E-state index in [9.17, 15) is 19.8 Å². The Hall–Kier alpha value is -4.13. The van der Waals surface area contributed by atoms with E-state index in [1.54, 1.807) is 48.8 Å². The Kier molecular flexibility index (Phi) is 5.64. The molecule has 1 aliphatic rings. The predicted octanol–water partition coefficient (Wildman–Crippen LogP) is 3.73. The molecule has 1 aromatic heterocycles. The number of amides is 1. The van der Waals surface area contributed by atoms with Crippen LogP contribution < -0.4 is 4.74 Å². The minimum Gasteiger partial charge on any atom is -0.507 e. The molecule has 2 heterocycles. The number of hydrogen-bond acceptors (Lipinski definition) is 6. The van der Waals surface area contributed by atoms with E-state index in [0.717, 1.165) is 11.1 Å². The molecule has 1 fully saturated rings. The number of ketones is 1. The summed E-state index contributed by atoms with van der Waals surface area (Å²) in [6, 6.07) is 14.3. The zero-order valence-corrected chi connectivity index (χ0v) is 17.6. The molecule has 7 heteroatoms. The Morgan fingerprint density at radius 2 is 1.88 bits per heavy atom. The number of aromatic nitrogens is 1. The summed E-state index contributed by atoms with van der Waals surface area (Å²) >= 11 is 0. The van der Waals surface area contributed by atoms with Crippen LogP contribution in [0.4, 0.5) is 0 Å². The maximum atomic E-state index is 13.1. The van der Waals surface area contributed by atoms with E-state index < -0.39 is 17.7 Å². The average Bonchev–Trinajstić information content (AvgIpc) is 3.05. The molecule has 1 amide bonds. The van der Waals surface area contributed by atoms with E-state index in [1.165, 1.54) is 18.1 Å². The largest absolute Gasteiger partial charge is 0.507 e. The van der Waals surface area contributed by atoms with Gasteiger partial charge in [0.05, 0.1) is 18.7 Å². The zero-order valence-electron chi connectivity index (χ0n) is 17.6. The summed E-state index contributed by atoms with van der Waals surface area (Å²) in [4.78, 5) is 31.6. The third kappa shape index (κ3) is 3.80. The Bertz CT molecular complexity index is 1200. The first-order valence-corrected chi connectivity index (χ1v) is 10.0. The van der Waals surface area contributed by atoms with Gasteiger partial charge >= 0.3 is 0 Å². The maximum absolute atomic E-state index is 13.1. The first kappa shape index (κ1) is 21.1. The predicted molar refractivity (Wildman–Crippen MR) is 118 cm³/mol. The Balaban J connectivity index is 1.89. The minimum atomic E-state index is -0.869. The van der Waals surface area contributed by atoms with Gasteiger partial charge in [0.1, 0.15) is 5.76 Å². The highest BCUT2D eigenvalue weighted by atomic mass is 16.5. The van der Waals surface area contributed by atoms with Crippen molar-refractivity contribution < 1.29 is 24.5 Å². The standard InChI is InChI=1S/C25H22N2O5/c1-15-5-7-17(8-6-15)23(29)21-22(18-9-10-19(28)20(12-18)32-2)27(25(31)24(21)30)14-16-4-3-11-26-13-16/h3-13,22,28-29H,14H2,1-2H3/t22-/m0/s1. The number of Topliss-reactive ketones (excluding diaryl/α,β-unsaturated/α-hetero) is 1. The molecule has 1 atom stereocenters. The third-order valence-corrected chi connectivity index (χ3v) is 5.46. The van der Waals surface area contributed by atoms with Gasteiger partial charge in [-0.25, -0.2) is 0 Å². The molecule has 0 aliphatic carbocycles. The van der Waals surface area contributed by atoms with Crippen molar-refractivity contribution in [2.45, 2.75) is 19.5 Å². The molecule has 162 valence electrons. The lowest BCUT2D eigenvalue weighted by molar-refractivity contribution is -0.140. The van der Waals surface area contributed by atoms with Gasteiger partial charge in [-0.05, 0) is 36.2 Å². The normalized spacial score (nSPS) is 17.6. The highest BCUT2D eigenvalue weighted by Gasteiger charge is 2.46. The van der Waals surface area contributed by atoms with Crippen LogP contribution in [0.2, 0.25) is 0 Å². The van der Waals surface area contributed by atoms with Gasteiger partial charge < -0.3 is 19.8 Å². The van der Waals surface area contributed by atoms with Gasteiger partial charge in [-0.3, -0.25) is 14.6 Å². The number of carbonyl (C=O) groups is 2. The van der Waals surface area contributed by atoms with Crippen molar-refractivity contribution in [3.8, 4) is 11.5 Å². The van der Waals surface area contributed by atoms with Gasteiger partial charge in [0.15, 0.2) is 11.5 Å². The highest BCUT2D eigenvalue weighted by Crippen LogP contribution is 2.42. The van der Waals surface area contributed by atoms with E-state index >= 15 is 0 Å². The molecule has 1 aliphatic heterocycles. The highest BCUT2D eigenvalue weighted by molar-refractivity contribution is 6.46. The lowest BCUT2D eigenvalue weighted by Crippen LogP contribution is -2.29. The molecule has 7 nitrogen and oxygen atoms in total. The topological polar surface area (TPSA) is 100.0 Å². The second-order valence-corrected chi connectivity index (χ2v) is 7.59. The number of pyridine rings is 1. The van der Waals surface area contributed by atoms with Crippen molar-refractivity contribution in [1.29, 1.82) is 0 Å². The monoisotopic (exact) mass is 430 g/mol. The number of benzene rings is 2. The number of methoxy groups -OCH3 is 1. The van der Waals surface area contributed by atoms with Crippen LogP contribution >= 0.6 is 0 Å². The number of aliphatic hydroxyl groups is 1. The van der Waals surface area contributed by atoms with Gasteiger partial charge in [-0.2, -0.15) is 0 Å². The maximum Gasteiger partial charge on any atom is 0.295 e. The molecule has 2 aromatic carbocycles. The number of carbonyl (C=O) groups excluding carboxylic acids is 2. The van der Waals surface area contributed by atoms with Crippen LogP contribution in [0.1, 0.15) is 28.3 Å². The van der Waals surface area contributed by atoms with Crippen LogP contribution in [-0.2, 0) is 16.1 Å². The molecule has 0 spiro atoms. The van der Waals surface area contributed by atoms with E-state index in [1.807, 2.05) is 19.1 Å². The number of ether oxygens (including phenoxy) is 1. The fourth-order valence-corrected chi connectivity index (χ4v) is 3.81. The molecule has 4 rings (SSSR count). The minimum absolute atomic E-state index is 0.0181. The molecule has 2 N–H and O–H groups in total. The number of aromatic hydroxyl groups is 1. The molecule has 0 radical (unpaired) electrons. The molecule has 32 heavy (non-hydrogen) atoms. The molecule has 0 saturated carbocycles. The second-order valence-electron chi connectivity index (χ2n) is 7.59. The van der Waals surface area contributed by atoms with E-state index in [2.05, 4.69) is 4.98 Å². The fraction of sp³-hybridized carbons (Fsp3) is 0.160. The van der Waals surface area contributed by atoms with Crippen LogP contribution in [0.15, 0.2) is 72.6 Å². The lowest BCUT2D eigenvalue weighted by Gasteiger charge is -2.25. The van der Waals surface area contributed by atoms with Crippen LogP contribution in [-0.4, -0.2) is 38.9 Å². The zero-order chi connectivity index (χ0) is 22.8. The Morgan fingerprint density at radius 3 is 2.53 bits per heavy atom. The second kappa shape index (κ2) is 8.55. The van der Waals surface area contributed by atoms with Gasteiger partial charge in [0.25, 0.3) is 11.7 Å². The lowest BCUT2D eigenvalue weighted by atomic mass is 9.94. The van der Waals surface area contributed by atoms with Crippen molar-refractivity contribution in [2.24, 2.45) is 0 Å². The van der Waals surface area contributed by atoms with Crippen LogP contribution in [0.25, 0.3) is 5.76 Å². The summed E-state index contributed by atoms with van der Waals surface area (Å²) in [5.41, 5.74) is 2.68. The van der Waals surface area contributed by atoms with Crippen molar-refractivity contribution >= 4 is 17.4 Å². The molecule has 1 saturated heterocycles. The fourth-order valence-electron chi connectivity index (χ4n) is 3.81. The number of phenols is 1. The van der Waals surface area contributed by atoms with Crippen molar-refractivity contribution in [3.05, 3.63) is 94.8 Å². The third-order valence-electron chi connectivity index (χ3n) is 5.46. The van der Waals surface area contributed by atoms with Crippen molar-refractivity contribution in [1.82, 2.24) is 9.88 Å². The molecule has 0 bridgehead atoms. The van der Waals surface area contributed by atoms with Gasteiger partial charge in [0.2, 0.25) is 0 Å². The van der Waals surface area contributed by atoms with Crippen LogP contribution in [0, 0.1) is 6.92 Å². The number of rotatable bonds is 5. The first-order chi connectivity index (χ1) is 15.4. The summed E-state index contributed by atoms with van der Waals surface area (Å²) in [6.45, 7) is 2.04. The number of hydrogen-bond donors (Lipinski definition) is 2. The van der Waals surface area contributed by atoms with E-state index in [0.29, 0.717) is 11.1 Å². The molecular weight excluding hydrogens is 408 g/mol. The molecule has 3 aromatic rings. The first-order valence-electron chi connectivity index (χ1n) is 10.0. The van der Waals surface area contributed by atoms with Crippen molar-refractivity contribution in [3.63, 3.8) is 0 Å². The number of nitrogens with zero attached hydrogens (tertiary/aromatic N) is 2. The molecule has 0 unspecified atom stereocenters. The van der Waals surface area contributed by atoms with Crippen LogP contribution in [0.3, 0.4) is 0 Å². The van der Waals surface area contributed by atoms with Crippen molar-refractivity contribution in [2.75, 3.05) is 7.11 Å². The van der Waals surface area contributed by atoms with Gasteiger partial charge in [0, 0.05) is 24.5 Å². The van der Waals surface area contributed by atoms with E-state index in [-0.39, 0.29) is 29.4 Å². The van der Waals surface area contributed by atoms with Gasteiger partial charge in [-0.1, -0.05) is 42.0 Å². The number of likely N-dealkylation sites (tertiary alicyclic amines) is 1. The summed E-state index contributed by atoms with van der Waals surface area (Å²) in [7, 11) is 1.41. The summed E-state index contributed by atoms with van der Waals surface area (Å²) in [6.07, 6.45) is 3.24. The number of phenolic OH excluding ortho intramolecular Hbond substituents is 1. The Morgan fingerprint density at radius 1 is 1.12 bits per heavy atom. The van der Waals surface area contributed by atoms with Crippen LogP contribution in [0.5, 0.6) is 11.5 Å². The summed E-state index contributed by atoms with van der Waals surface area (Å²) in [5.74, 6) is -1.62. The number of aliphatic hydroxyl groups excluding tert-OH is 1. The number of aryl methyl sites for hydroxylation is 1. The summed E-state index contributed by atoms with van der Waals surface area (Å²) < 4.78 is 5.22. The Labute approximate surface area is 185 Å². The SMILES string of the molecule is COc1cc([C@H]2C(=C(O)c3ccc(C)cc3)C(=O)C(=O)N2Cc2cccnc2)ccc1O.